The minimum atomic E-state index is 0.504. The van der Waals surface area contributed by atoms with Gasteiger partial charge in [-0.3, -0.25) is 0 Å². The van der Waals surface area contributed by atoms with Gasteiger partial charge in [0, 0.05) is 16.9 Å². The van der Waals surface area contributed by atoms with Crippen LogP contribution in [0.5, 0.6) is 0 Å². The Hall–Kier alpha value is -2.28. The fourth-order valence-corrected chi connectivity index (χ4v) is 4.12. The summed E-state index contributed by atoms with van der Waals surface area (Å²) in [6.45, 7) is 19.4. The SMILES string of the molecule is C=Cc1c2c(n(-c3cc(C)c(C)c(C(C)C)c3)c1C=C)C=CCC2C. The lowest BCUT2D eigenvalue weighted by atomic mass is 9.89. The van der Waals surface area contributed by atoms with Crippen LogP contribution >= 0.6 is 0 Å². The predicted molar refractivity (Wildman–Crippen MR) is 112 cm³/mol. The van der Waals surface area contributed by atoms with Gasteiger partial charge < -0.3 is 4.57 Å². The van der Waals surface area contributed by atoms with E-state index in [1.165, 1.54) is 39.2 Å². The first-order valence-corrected chi connectivity index (χ1v) is 9.22. The molecule has 0 aliphatic heterocycles. The number of benzene rings is 1. The third-order valence-electron chi connectivity index (χ3n) is 5.55. The van der Waals surface area contributed by atoms with E-state index in [1.54, 1.807) is 0 Å². The summed E-state index contributed by atoms with van der Waals surface area (Å²) in [5.41, 5.74) is 10.4. The minimum absolute atomic E-state index is 0.504. The maximum absolute atomic E-state index is 4.10. The van der Waals surface area contributed by atoms with Crippen LogP contribution in [0.2, 0.25) is 0 Å². The third kappa shape index (κ3) is 2.72. The normalized spacial score (nSPS) is 16.2. The zero-order chi connectivity index (χ0) is 18.3. The van der Waals surface area contributed by atoms with Gasteiger partial charge in [0.1, 0.15) is 0 Å². The molecule has 0 bridgehead atoms. The average molecular weight is 332 g/mol. The second-order valence-electron chi connectivity index (χ2n) is 7.51. The molecule has 1 aromatic heterocycles. The van der Waals surface area contributed by atoms with Crippen molar-refractivity contribution >= 4 is 18.2 Å². The summed E-state index contributed by atoms with van der Waals surface area (Å²) in [7, 11) is 0. The standard InChI is InChI=1S/C24H29N/c1-8-20-22(9-2)25(23-12-10-11-16(5)24(20)23)19-13-17(6)18(7)21(14-19)15(3)4/h8-10,12-16H,1-2,11H2,3-7H3. The van der Waals surface area contributed by atoms with Gasteiger partial charge in [-0.05, 0) is 78.6 Å². The molecule has 1 atom stereocenters. The molecule has 1 heterocycles. The highest BCUT2D eigenvalue weighted by atomic mass is 15.0. The van der Waals surface area contributed by atoms with Crippen LogP contribution in [0.4, 0.5) is 0 Å². The number of nitrogens with zero attached hydrogens (tertiary/aromatic N) is 1. The molecule has 0 N–H and O–H groups in total. The fourth-order valence-electron chi connectivity index (χ4n) is 4.12. The lowest BCUT2D eigenvalue weighted by Crippen LogP contribution is -2.06. The zero-order valence-corrected chi connectivity index (χ0v) is 16.2. The third-order valence-corrected chi connectivity index (χ3v) is 5.55. The zero-order valence-electron chi connectivity index (χ0n) is 16.2. The molecule has 25 heavy (non-hydrogen) atoms. The Labute approximate surface area is 152 Å². The summed E-state index contributed by atoms with van der Waals surface area (Å²) in [6.07, 6.45) is 9.60. The Morgan fingerprint density at radius 2 is 1.88 bits per heavy atom. The molecule has 1 aliphatic carbocycles. The van der Waals surface area contributed by atoms with E-state index in [4.69, 9.17) is 0 Å². The predicted octanol–water partition coefficient (Wildman–Crippen LogP) is 7.02. The van der Waals surface area contributed by atoms with Gasteiger partial charge in [0.25, 0.3) is 0 Å². The van der Waals surface area contributed by atoms with Crippen molar-refractivity contribution in [3.63, 3.8) is 0 Å². The molecule has 0 radical (unpaired) electrons. The molecule has 1 nitrogen and oxygen atoms in total. The quantitative estimate of drug-likeness (QED) is 0.567. The van der Waals surface area contributed by atoms with Crippen LogP contribution in [-0.4, -0.2) is 4.57 Å². The van der Waals surface area contributed by atoms with E-state index in [0.717, 1.165) is 12.1 Å². The first-order valence-electron chi connectivity index (χ1n) is 9.22. The summed E-state index contributed by atoms with van der Waals surface area (Å²) >= 11 is 0. The van der Waals surface area contributed by atoms with E-state index in [9.17, 15) is 0 Å². The Kier molecular flexibility index (Phi) is 4.60. The molecule has 3 rings (SSSR count). The lowest BCUT2D eigenvalue weighted by molar-refractivity contribution is 0.766. The molecule has 0 saturated heterocycles. The summed E-state index contributed by atoms with van der Waals surface area (Å²) in [4.78, 5) is 0. The number of aryl methyl sites for hydroxylation is 1. The largest absolute Gasteiger partial charge is 0.310 e. The van der Waals surface area contributed by atoms with E-state index < -0.39 is 0 Å². The van der Waals surface area contributed by atoms with Gasteiger partial charge >= 0.3 is 0 Å². The van der Waals surface area contributed by atoms with Crippen molar-refractivity contribution in [2.24, 2.45) is 0 Å². The van der Waals surface area contributed by atoms with Crippen molar-refractivity contribution in [3.05, 3.63) is 70.6 Å². The monoisotopic (exact) mass is 331 g/mol. The van der Waals surface area contributed by atoms with Gasteiger partial charge in [0.05, 0.1) is 5.69 Å². The molecular formula is C24H29N. The molecular weight excluding hydrogens is 302 g/mol. The molecule has 0 spiro atoms. The maximum atomic E-state index is 4.10. The molecule has 0 amide bonds. The number of fused-ring (bicyclic) bond motifs is 1. The minimum Gasteiger partial charge on any atom is -0.310 e. The second kappa shape index (κ2) is 6.55. The Morgan fingerprint density at radius 1 is 1.16 bits per heavy atom. The van der Waals surface area contributed by atoms with Crippen molar-refractivity contribution in [3.8, 4) is 5.69 Å². The van der Waals surface area contributed by atoms with Crippen molar-refractivity contribution in [1.29, 1.82) is 0 Å². The van der Waals surface area contributed by atoms with Crippen molar-refractivity contribution in [2.45, 2.75) is 52.9 Å². The van der Waals surface area contributed by atoms with Crippen LogP contribution < -0.4 is 0 Å². The van der Waals surface area contributed by atoms with E-state index in [2.05, 4.69) is 76.6 Å². The molecule has 0 saturated carbocycles. The van der Waals surface area contributed by atoms with Gasteiger partial charge in [-0.1, -0.05) is 46.1 Å². The number of hydrogen-bond donors (Lipinski definition) is 0. The van der Waals surface area contributed by atoms with E-state index in [-0.39, 0.29) is 0 Å². The van der Waals surface area contributed by atoms with Crippen LogP contribution in [0.3, 0.4) is 0 Å². The summed E-state index contributed by atoms with van der Waals surface area (Å²) in [5.74, 6) is 1.01. The highest BCUT2D eigenvalue weighted by molar-refractivity contribution is 5.75. The van der Waals surface area contributed by atoms with Crippen molar-refractivity contribution < 1.29 is 0 Å². The molecule has 0 fully saturated rings. The Morgan fingerprint density at radius 3 is 2.48 bits per heavy atom. The fraction of sp³-hybridized carbons (Fsp3) is 0.333. The van der Waals surface area contributed by atoms with E-state index in [1.807, 2.05) is 12.2 Å². The highest BCUT2D eigenvalue weighted by Gasteiger charge is 2.25. The molecule has 1 aliphatic rings. The maximum Gasteiger partial charge on any atom is 0.0531 e. The van der Waals surface area contributed by atoms with Gasteiger partial charge in [-0.2, -0.15) is 0 Å². The van der Waals surface area contributed by atoms with E-state index >= 15 is 0 Å². The van der Waals surface area contributed by atoms with Crippen molar-refractivity contribution in [1.82, 2.24) is 4.57 Å². The molecule has 1 aromatic carbocycles. The first kappa shape index (κ1) is 17.5. The lowest BCUT2D eigenvalue weighted by Gasteiger charge is -2.20. The number of aromatic nitrogens is 1. The van der Waals surface area contributed by atoms with Crippen LogP contribution in [0.25, 0.3) is 23.9 Å². The van der Waals surface area contributed by atoms with Crippen LogP contribution in [-0.2, 0) is 0 Å². The Bertz CT molecular complexity index is 874. The number of rotatable bonds is 4. The van der Waals surface area contributed by atoms with Gasteiger partial charge in [0.2, 0.25) is 0 Å². The number of hydrogen-bond acceptors (Lipinski definition) is 0. The topological polar surface area (TPSA) is 4.93 Å². The van der Waals surface area contributed by atoms with Gasteiger partial charge in [0.15, 0.2) is 0 Å². The molecule has 2 aromatic rings. The van der Waals surface area contributed by atoms with Gasteiger partial charge in [-0.25, -0.2) is 0 Å². The van der Waals surface area contributed by atoms with Crippen molar-refractivity contribution in [2.75, 3.05) is 0 Å². The molecule has 1 heteroatoms. The van der Waals surface area contributed by atoms with Crippen LogP contribution in [0.1, 0.15) is 78.2 Å². The Balaban J connectivity index is 2.38. The summed E-state index contributed by atoms with van der Waals surface area (Å²) in [6, 6.07) is 4.65. The number of allylic oxidation sites excluding steroid dienone is 1. The van der Waals surface area contributed by atoms with Gasteiger partial charge in [-0.15, -0.1) is 0 Å². The first-order chi connectivity index (χ1) is 11.9. The smallest absolute Gasteiger partial charge is 0.0531 e. The van der Waals surface area contributed by atoms with Crippen LogP contribution in [0.15, 0.2) is 31.4 Å². The highest BCUT2D eigenvalue weighted by Crippen LogP contribution is 2.39. The average Bonchev–Trinajstić information content (AvgIpc) is 2.91. The van der Waals surface area contributed by atoms with E-state index in [0.29, 0.717) is 11.8 Å². The summed E-state index contributed by atoms with van der Waals surface area (Å²) < 4.78 is 2.36. The molecule has 1 unspecified atom stereocenters. The second-order valence-corrected chi connectivity index (χ2v) is 7.51. The summed E-state index contributed by atoms with van der Waals surface area (Å²) in [5, 5.41) is 0. The van der Waals surface area contributed by atoms with Crippen LogP contribution in [0, 0.1) is 13.8 Å². The molecule has 130 valence electrons.